The first kappa shape index (κ1) is 14.4. The molecule has 3 fully saturated rings. The maximum atomic E-state index is 12.3. The highest BCUT2D eigenvalue weighted by Crippen LogP contribution is 2.64. The fourth-order valence-corrected chi connectivity index (χ4v) is 6.32. The zero-order chi connectivity index (χ0) is 15.7. The van der Waals surface area contributed by atoms with Crippen molar-refractivity contribution < 1.29 is 9.59 Å². The highest BCUT2D eigenvalue weighted by atomic mass is 16.1. The van der Waals surface area contributed by atoms with Crippen LogP contribution in [0.2, 0.25) is 0 Å². The zero-order valence-electron chi connectivity index (χ0n) is 13.7. The predicted molar refractivity (Wildman–Crippen MR) is 86.2 cm³/mol. The molecule has 0 saturated heterocycles. The van der Waals surface area contributed by atoms with Crippen molar-refractivity contribution in [3.05, 3.63) is 24.3 Å². The maximum absolute atomic E-state index is 12.3. The lowest BCUT2D eigenvalue weighted by molar-refractivity contribution is -0.137. The molecular weight excluding hydrogens is 272 g/mol. The van der Waals surface area contributed by atoms with Gasteiger partial charge in [0.15, 0.2) is 5.78 Å². The fourth-order valence-electron chi connectivity index (χ4n) is 6.32. The highest BCUT2D eigenvalue weighted by molar-refractivity contribution is 5.97. The molecular formula is C20H26O2. The summed E-state index contributed by atoms with van der Waals surface area (Å²) in [6.45, 7) is 8.93. The molecule has 0 heterocycles. The molecule has 0 radical (unpaired) electrons. The molecule has 0 aromatic rings. The second-order valence-corrected chi connectivity index (χ2v) is 8.64. The van der Waals surface area contributed by atoms with Gasteiger partial charge in [-0.3, -0.25) is 9.59 Å². The molecule has 1 unspecified atom stereocenters. The second-order valence-electron chi connectivity index (χ2n) is 8.64. The summed E-state index contributed by atoms with van der Waals surface area (Å²) in [5.74, 6) is 2.69. The first-order valence-electron chi connectivity index (χ1n) is 8.78. The van der Waals surface area contributed by atoms with Crippen molar-refractivity contribution in [3.63, 3.8) is 0 Å². The molecule has 22 heavy (non-hydrogen) atoms. The van der Waals surface area contributed by atoms with E-state index < -0.39 is 0 Å². The van der Waals surface area contributed by atoms with Crippen molar-refractivity contribution in [2.75, 3.05) is 0 Å². The maximum Gasteiger partial charge on any atom is 0.161 e. The number of hydrogen-bond acceptors (Lipinski definition) is 2. The van der Waals surface area contributed by atoms with E-state index in [0.717, 1.165) is 32.1 Å². The minimum absolute atomic E-state index is 0.171. The van der Waals surface area contributed by atoms with Crippen molar-refractivity contribution in [2.24, 2.45) is 34.5 Å². The van der Waals surface area contributed by atoms with Crippen LogP contribution in [-0.4, -0.2) is 11.6 Å². The molecule has 4 aliphatic rings. The van der Waals surface area contributed by atoms with Crippen molar-refractivity contribution >= 4 is 11.6 Å². The van der Waals surface area contributed by atoms with Crippen LogP contribution in [-0.2, 0) is 9.59 Å². The van der Waals surface area contributed by atoms with Crippen LogP contribution in [0.5, 0.6) is 0 Å². The largest absolute Gasteiger partial charge is 0.300 e. The molecule has 0 aromatic carbocycles. The van der Waals surface area contributed by atoms with Crippen molar-refractivity contribution in [1.29, 1.82) is 0 Å². The van der Waals surface area contributed by atoms with Gasteiger partial charge < -0.3 is 0 Å². The summed E-state index contributed by atoms with van der Waals surface area (Å²) in [7, 11) is 0. The first-order chi connectivity index (χ1) is 10.4. The van der Waals surface area contributed by atoms with Gasteiger partial charge in [-0.15, -0.1) is 0 Å². The Kier molecular flexibility index (Phi) is 2.90. The molecule has 3 saturated carbocycles. The summed E-state index contributed by atoms with van der Waals surface area (Å²) in [4.78, 5) is 24.3. The molecule has 2 nitrogen and oxygen atoms in total. The van der Waals surface area contributed by atoms with E-state index >= 15 is 0 Å². The summed E-state index contributed by atoms with van der Waals surface area (Å²) in [6, 6.07) is 0. The first-order valence-corrected chi connectivity index (χ1v) is 8.78. The SMILES string of the molecule is C=C1C[C@@H]2[C@H](CC[C@]3(C)C(=O)C=C[C@@H]23)[C@@]2(C)CCC(=O)CC12. The third-order valence-corrected chi connectivity index (χ3v) is 7.71. The fraction of sp³-hybridized carbons (Fsp3) is 0.700. The Hall–Kier alpha value is -1.18. The monoisotopic (exact) mass is 298 g/mol. The Balaban J connectivity index is 1.72. The summed E-state index contributed by atoms with van der Waals surface area (Å²) >= 11 is 0. The lowest BCUT2D eigenvalue weighted by Gasteiger charge is -2.59. The number of fused-ring (bicyclic) bond motifs is 5. The number of allylic oxidation sites excluding steroid dienone is 3. The molecule has 0 spiro atoms. The quantitative estimate of drug-likeness (QED) is 0.631. The molecule has 118 valence electrons. The van der Waals surface area contributed by atoms with E-state index in [1.807, 2.05) is 6.08 Å². The van der Waals surface area contributed by atoms with Gasteiger partial charge in [0.05, 0.1) is 0 Å². The Morgan fingerprint density at radius 3 is 2.73 bits per heavy atom. The van der Waals surface area contributed by atoms with Gasteiger partial charge in [-0.05, 0) is 60.8 Å². The van der Waals surface area contributed by atoms with Gasteiger partial charge in [-0.25, -0.2) is 0 Å². The van der Waals surface area contributed by atoms with Crippen LogP contribution in [0.3, 0.4) is 0 Å². The number of rotatable bonds is 0. The van der Waals surface area contributed by atoms with Crippen LogP contribution < -0.4 is 0 Å². The van der Waals surface area contributed by atoms with Crippen LogP contribution in [0.1, 0.15) is 52.4 Å². The normalized spacial score (nSPS) is 50.5. The number of ketones is 2. The zero-order valence-corrected chi connectivity index (χ0v) is 13.7. The molecule has 0 amide bonds. The molecule has 0 bridgehead atoms. The minimum atomic E-state index is -0.171. The molecule has 0 N–H and O–H groups in total. The molecule has 0 aromatic heterocycles. The number of hydrogen-bond donors (Lipinski definition) is 0. The summed E-state index contributed by atoms with van der Waals surface area (Å²) in [5, 5.41) is 0. The topological polar surface area (TPSA) is 34.1 Å². The van der Waals surface area contributed by atoms with E-state index in [4.69, 9.17) is 0 Å². The smallest absolute Gasteiger partial charge is 0.161 e. The van der Waals surface area contributed by atoms with Gasteiger partial charge in [-0.2, -0.15) is 0 Å². The lowest BCUT2D eigenvalue weighted by Crippen LogP contribution is -2.54. The molecule has 4 aliphatic carbocycles. The minimum Gasteiger partial charge on any atom is -0.300 e. The Bertz CT molecular complexity index is 601. The van der Waals surface area contributed by atoms with Crippen molar-refractivity contribution in [3.8, 4) is 0 Å². The van der Waals surface area contributed by atoms with Crippen LogP contribution in [0.4, 0.5) is 0 Å². The molecule has 0 aliphatic heterocycles. The summed E-state index contributed by atoms with van der Waals surface area (Å²) in [6.07, 6.45) is 9.62. The van der Waals surface area contributed by atoms with Gasteiger partial charge in [-0.1, -0.05) is 32.1 Å². The Morgan fingerprint density at radius 1 is 1.18 bits per heavy atom. The second kappa shape index (κ2) is 4.43. The molecule has 6 atom stereocenters. The Labute approximate surface area is 133 Å². The van der Waals surface area contributed by atoms with E-state index in [1.54, 1.807) is 0 Å². The summed E-state index contributed by atoms with van der Waals surface area (Å²) in [5.41, 5.74) is 1.32. The van der Waals surface area contributed by atoms with Crippen LogP contribution in [0.15, 0.2) is 24.3 Å². The van der Waals surface area contributed by atoms with Gasteiger partial charge in [0.2, 0.25) is 0 Å². The highest BCUT2D eigenvalue weighted by Gasteiger charge is 2.59. The van der Waals surface area contributed by atoms with Crippen LogP contribution >= 0.6 is 0 Å². The molecule has 4 rings (SSSR count). The van der Waals surface area contributed by atoms with E-state index in [-0.39, 0.29) is 10.8 Å². The van der Waals surface area contributed by atoms with E-state index in [2.05, 4.69) is 26.5 Å². The number of carbonyl (C=O) groups excluding carboxylic acids is 2. The number of carbonyl (C=O) groups is 2. The van der Waals surface area contributed by atoms with Crippen molar-refractivity contribution in [2.45, 2.75) is 52.4 Å². The van der Waals surface area contributed by atoms with E-state index in [9.17, 15) is 9.59 Å². The average molecular weight is 298 g/mol. The Morgan fingerprint density at radius 2 is 1.95 bits per heavy atom. The predicted octanol–water partition coefficient (Wildman–Crippen LogP) is 4.11. The van der Waals surface area contributed by atoms with Gasteiger partial charge in [0.25, 0.3) is 0 Å². The van der Waals surface area contributed by atoms with Crippen LogP contribution in [0, 0.1) is 34.5 Å². The van der Waals surface area contributed by atoms with Gasteiger partial charge >= 0.3 is 0 Å². The lowest BCUT2D eigenvalue weighted by atomic mass is 9.44. The van der Waals surface area contributed by atoms with Crippen LogP contribution in [0.25, 0.3) is 0 Å². The average Bonchev–Trinajstić information content (AvgIpc) is 2.77. The van der Waals surface area contributed by atoms with Crippen molar-refractivity contribution in [1.82, 2.24) is 0 Å². The third-order valence-electron chi connectivity index (χ3n) is 7.71. The standard InChI is InChI=1S/C20H26O2/c1-12-10-14-15-4-5-18(22)20(15,3)9-7-16(14)19(2)8-6-13(21)11-17(12)19/h4-5,14-17H,1,6-11H2,2-3H3/t14-,15-,16-,17?,19+,20-/m0/s1. The number of Topliss-reactive ketones (excluding diaryl/α,β-unsaturated/α-hetero) is 1. The summed E-state index contributed by atoms with van der Waals surface area (Å²) < 4.78 is 0. The molecule has 2 heteroatoms. The third kappa shape index (κ3) is 1.67. The van der Waals surface area contributed by atoms with Gasteiger partial charge in [0, 0.05) is 18.3 Å². The van der Waals surface area contributed by atoms with E-state index in [0.29, 0.717) is 41.7 Å². The van der Waals surface area contributed by atoms with E-state index in [1.165, 1.54) is 5.57 Å². The van der Waals surface area contributed by atoms with Gasteiger partial charge in [0.1, 0.15) is 5.78 Å².